The molecule has 0 bridgehead atoms. The van der Waals surface area contributed by atoms with Crippen molar-refractivity contribution in [2.24, 2.45) is 5.92 Å². The molecule has 1 heterocycles. The molecule has 0 fully saturated rings. The van der Waals surface area contributed by atoms with E-state index in [9.17, 15) is 9.59 Å². The molecule has 2 rings (SSSR count). The van der Waals surface area contributed by atoms with E-state index >= 15 is 0 Å². The predicted octanol–water partition coefficient (Wildman–Crippen LogP) is 3.01. The number of carbonyl (C=O) groups is 2. The number of aromatic nitrogens is 1. The van der Waals surface area contributed by atoms with Gasteiger partial charge in [0.15, 0.2) is 5.13 Å². The van der Waals surface area contributed by atoms with Crippen LogP contribution in [0.4, 0.5) is 5.13 Å². The van der Waals surface area contributed by atoms with Gasteiger partial charge in [-0.25, -0.2) is 9.78 Å². The van der Waals surface area contributed by atoms with Gasteiger partial charge in [-0.2, -0.15) is 0 Å². The SMILES string of the molecule is COC(=O)C(=CC1CC=CCC1)c1csc(NC(C)=O)n1. The highest BCUT2D eigenvalue weighted by molar-refractivity contribution is 7.14. The van der Waals surface area contributed by atoms with E-state index in [2.05, 4.69) is 22.5 Å². The second-order valence-electron chi connectivity index (χ2n) is 4.84. The van der Waals surface area contributed by atoms with E-state index in [1.54, 1.807) is 5.38 Å². The van der Waals surface area contributed by atoms with Gasteiger partial charge in [-0.3, -0.25) is 4.79 Å². The third-order valence-electron chi connectivity index (χ3n) is 3.18. The third-order valence-corrected chi connectivity index (χ3v) is 3.94. The number of carbonyl (C=O) groups excluding carboxylic acids is 2. The Balaban J connectivity index is 2.25. The largest absolute Gasteiger partial charge is 0.465 e. The van der Waals surface area contributed by atoms with E-state index in [-0.39, 0.29) is 5.91 Å². The summed E-state index contributed by atoms with van der Waals surface area (Å²) >= 11 is 1.29. The predicted molar refractivity (Wildman–Crippen MR) is 82.9 cm³/mol. The summed E-state index contributed by atoms with van der Waals surface area (Å²) in [4.78, 5) is 27.3. The normalized spacial score (nSPS) is 18.4. The molecule has 1 aliphatic carbocycles. The van der Waals surface area contributed by atoms with Gasteiger partial charge in [-0.1, -0.05) is 18.2 Å². The molecular formula is C15H18N2O3S. The fraction of sp³-hybridized carbons (Fsp3) is 0.400. The number of rotatable bonds is 4. The van der Waals surface area contributed by atoms with Gasteiger partial charge in [0.25, 0.3) is 0 Å². The van der Waals surface area contributed by atoms with Gasteiger partial charge >= 0.3 is 5.97 Å². The first kappa shape index (κ1) is 15.4. The molecule has 0 saturated heterocycles. The van der Waals surface area contributed by atoms with Crippen molar-refractivity contribution >= 4 is 33.9 Å². The summed E-state index contributed by atoms with van der Waals surface area (Å²) in [6, 6.07) is 0. The minimum Gasteiger partial charge on any atom is -0.465 e. The minimum atomic E-state index is -0.399. The van der Waals surface area contributed by atoms with Crippen LogP contribution in [0.5, 0.6) is 0 Å². The maximum Gasteiger partial charge on any atom is 0.339 e. The van der Waals surface area contributed by atoms with Gasteiger partial charge in [0.05, 0.1) is 18.4 Å². The first-order chi connectivity index (χ1) is 10.1. The summed E-state index contributed by atoms with van der Waals surface area (Å²) in [6.45, 7) is 1.42. The van der Waals surface area contributed by atoms with Crippen molar-refractivity contribution in [2.75, 3.05) is 12.4 Å². The van der Waals surface area contributed by atoms with Crippen LogP contribution in [0.2, 0.25) is 0 Å². The molecule has 1 aromatic rings. The van der Waals surface area contributed by atoms with Crippen LogP contribution in [0.25, 0.3) is 5.57 Å². The van der Waals surface area contributed by atoms with Gasteiger partial charge in [0.1, 0.15) is 0 Å². The van der Waals surface area contributed by atoms with Crippen molar-refractivity contribution in [3.8, 4) is 0 Å². The first-order valence-electron chi connectivity index (χ1n) is 6.78. The molecule has 1 amide bonds. The number of ether oxygens (including phenoxy) is 1. The fourth-order valence-electron chi connectivity index (χ4n) is 2.18. The summed E-state index contributed by atoms with van der Waals surface area (Å²) in [7, 11) is 1.36. The highest BCUT2D eigenvalue weighted by atomic mass is 32.1. The van der Waals surface area contributed by atoms with Crippen LogP contribution in [0, 0.1) is 5.92 Å². The Hall–Kier alpha value is -1.95. The van der Waals surface area contributed by atoms with Crippen molar-refractivity contribution in [2.45, 2.75) is 26.2 Å². The molecule has 1 atom stereocenters. The van der Waals surface area contributed by atoms with Crippen molar-refractivity contribution in [3.05, 3.63) is 29.3 Å². The number of esters is 1. The molecule has 0 spiro atoms. The molecule has 1 unspecified atom stereocenters. The number of hydrogen-bond donors (Lipinski definition) is 1. The average molecular weight is 306 g/mol. The number of allylic oxidation sites excluding steroid dienone is 3. The van der Waals surface area contributed by atoms with Crippen LogP contribution >= 0.6 is 11.3 Å². The summed E-state index contributed by atoms with van der Waals surface area (Å²) in [5.41, 5.74) is 1.01. The smallest absolute Gasteiger partial charge is 0.339 e. The van der Waals surface area contributed by atoms with E-state index in [4.69, 9.17) is 4.74 Å². The first-order valence-corrected chi connectivity index (χ1v) is 7.66. The number of hydrogen-bond acceptors (Lipinski definition) is 5. The highest BCUT2D eigenvalue weighted by Crippen LogP contribution is 2.27. The Bertz CT molecular complexity index is 589. The highest BCUT2D eigenvalue weighted by Gasteiger charge is 2.19. The Labute approximate surface area is 127 Å². The lowest BCUT2D eigenvalue weighted by molar-refractivity contribution is -0.133. The van der Waals surface area contributed by atoms with E-state index in [0.717, 1.165) is 19.3 Å². The molecule has 0 aromatic carbocycles. The summed E-state index contributed by atoms with van der Waals surface area (Å²) in [5, 5.41) is 4.86. The lowest BCUT2D eigenvalue weighted by atomic mass is 9.92. The van der Waals surface area contributed by atoms with Crippen molar-refractivity contribution in [1.29, 1.82) is 0 Å². The molecule has 0 saturated carbocycles. The molecule has 1 aliphatic rings. The number of thiazole rings is 1. The van der Waals surface area contributed by atoms with Gasteiger partial charge in [0.2, 0.25) is 5.91 Å². The summed E-state index contributed by atoms with van der Waals surface area (Å²) in [6.07, 6.45) is 9.16. The van der Waals surface area contributed by atoms with E-state index in [0.29, 0.717) is 22.3 Å². The van der Waals surface area contributed by atoms with Crippen molar-refractivity contribution in [1.82, 2.24) is 4.98 Å². The minimum absolute atomic E-state index is 0.183. The van der Waals surface area contributed by atoms with Gasteiger partial charge in [-0.15, -0.1) is 11.3 Å². The number of methoxy groups -OCH3 is 1. The molecule has 0 radical (unpaired) electrons. The van der Waals surface area contributed by atoms with Crippen LogP contribution in [-0.4, -0.2) is 24.0 Å². The molecule has 6 heteroatoms. The van der Waals surface area contributed by atoms with E-state index < -0.39 is 5.97 Å². The quantitative estimate of drug-likeness (QED) is 0.527. The molecule has 1 aromatic heterocycles. The van der Waals surface area contributed by atoms with Gasteiger partial charge < -0.3 is 10.1 Å². The Morgan fingerprint density at radius 1 is 1.48 bits per heavy atom. The van der Waals surface area contributed by atoms with Crippen LogP contribution in [0.3, 0.4) is 0 Å². The number of anilines is 1. The number of nitrogens with zero attached hydrogens (tertiary/aromatic N) is 1. The summed E-state index contributed by atoms with van der Waals surface area (Å²) in [5.74, 6) is -0.267. The number of amides is 1. The number of nitrogens with one attached hydrogen (secondary N) is 1. The standard InChI is InChI=1S/C15H18N2O3S/c1-10(18)16-15-17-13(9-21-15)12(14(19)20-2)8-11-6-4-3-5-7-11/h3-4,8-9,11H,5-7H2,1-2H3,(H,16,17,18). The lowest BCUT2D eigenvalue weighted by Crippen LogP contribution is -2.09. The Morgan fingerprint density at radius 3 is 2.90 bits per heavy atom. The zero-order chi connectivity index (χ0) is 15.2. The summed E-state index contributed by atoms with van der Waals surface area (Å²) < 4.78 is 4.85. The zero-order valence-electron chi connectivity index (χ0n) is 12.1. The molecule has 21 heavy (non-hydrogen) atoms. The van der Waals surface area contributed by atoms with Gasteiger partial charge in [0, 0.05) is 12.3 Å². The van der Waals surface area contributed by atoms with Crippen LogP contribution in [0.15, 0.2) is 23.6 Å². The monoisotopic (exact) mass is 306 g/mol. The Kier molecular flexibility index (Phi) is 5.27. The van der Waals surface area contributed by atoms with Gasteiger partial charge in [-0.05, 0) is 25.2 Å². The Morgan fingerprint density at radius 2 is 2.29 bits per heavy atom. The molecule has 1 N–H and O–H groups in total. The maximum atomic E-state index is 12.0. The topological polar surface area (TPSA) is 68.3 Å². The van der Waals surface area contributed by atoms with Crippen LogP contribution in [0.1, 0.15) is 31.9 Å². The van der Waals surface area contributed by atoms with Crippen molar-refractivity contribution in [3.63, 3.8) is 0 Å². The average Bonchev–Trinajstić information content (AvgIpc) is 2.92. The molecular weight excluding hydrogens is 288 g/mol. The molecule has 5 nitrogen and oxygen atoms in total. The molecule has 112 valence electrons. The van der Waals surface area contributed by atoms with E-state index in [1.807, 2.05) is 6.08 Å². The third kappa shape index (κ3) is 4.26. The molecule has 0 aliphatic heterocycles. The second-order valence-corrected chi connectivity index (χ2v) is 5.69. The zero-order valence-corrected chi connectivity index (χ0v) is 12.9. The lowest BCUT2D eigenvalue weighted by Gasteiger charge is -2.14. The van der Waals surface area contributed by atoms with Crippen molar-refractivity contribution < 1.29 is 14.3 Å². The second kappa shape index (κ2) is 7.17. The maximum absolute atomic E-state index is 12.0. The fourth-order valence-corrected chi connectivity index (χ4v) is 2.93. The van der Waals surface area contributed by atoms with Crippen LogP contribution < -0.4 is 5.32 Å². The van der Waals surface area contributed by atoms with Crippen LogP contribution in [-0.2, 0) is 14.3 Å². The van der Waals surface area contributed by atoms with E-state index in [1.165, 1.54) is 25.4 Å².